The molecule has 0 fully saturated rings. The summed E-state index contributed by atoms with van der Waals surface area (Å²) in [5.41, 5.74) is 0.316. The lowest BCUT2D eigenvalue weighted by atomic mass is 10.2. The van der Waals surface area contributed by atoms with Gasteiger partial charge in [-0.25, -0.2) is 8.78 Å². The Labute approximate surface area is 71.4 Å². The van der Waals surface area contributed by atoms with E-state index in [1.165, 1.54) is 6.07 Å². The lowest BCUT2D eigenvalue weighted by Gasteiger charge is -1.96. The highest BCUT2D eigenvalue weighted by molar-refractivity contribution is 9.10. The zero-order chi connectivity index (χ0) is 8.43. The first-order valence-corrected chi connectivity index (χ1v) is 3.55. The van der Waals surface area contributed by atoms with Gasteiger partial charge in [-0.2, -0.15) is 0 Å². The third-order valence-corrected chi connectivity index (χ3v) is 1.73. The predicted octanol–water partition coefficient (Wildman–Crippen LogP) is 2.71. The molecular weight excluding hydrogens is 214 g/mol. The Kier molecular flexibility index (Phi) is 2.25. The fourth-order valence-corrected chi connectivity index (χ4v) is 1.07. The molecule has 0 aliphatic heterocycles. The normalized spacial score (nSPS) is 9.27. The summed E-state index contributed by atoms with van der Waals surface area (Å²) >= 11 is 2.83. The molecule has 1 aromatic rings. The number of halogens is 3. The van der Waals surface area contributed by atoms with Crippen LogP contribution in [0.2, 0.25) is 0 Å². The van der Waals surface area contributed by atoms with Crippen molar-refractivity contribution in [2.24, 2.45) is 0 Å². The first-order chi connectivity index (χ1) is 5.15. The Morgan fingerprint density at radius 2 is 2.00 bits per heavy atom. The van der Waals surface area contributed by atoms with E-state index in [1.54, 1.807) is 0 Å². The molecule has 0 spiro atoms. The molecule has 3 heteroatoms. The summed E-state index contributed by atoms with van der Waals surface area (Å²) in [6.45, 7) is 0. The molecule has 11 heavy (non-hydrogen) atoms. The van der Waals surface area contributed by atoms with Crippen molar-refractivity contribution < 1.29 is 8.78 Å². The third-order valence-electron chi connectivity index (χ3n) is 1.15. The number of hydrogen-bond donors (Lipinski definition) is 0. The van der Waals surface area contributed by atoms with E-state index in [2.05, 4.69) is 21.9 Å². The third kappa shape index (κ3) is 1.58. The predicted molar refractivity (Wildman–Crippen MR) is 42.0 cm³/mol. The molecule has 0 saturated carbocycles. The fraction of sp³-hybridized carbons (Fsp3) is 0. The quantitative estimate of drug-likeness (QED) is 0.463. The van der Waals surface area contributed by atoms with E-state index in [0.717, 1.165) is 6.07 Å². The molecule has 0 aliphatic carbocycles. The van der Waals surface area contributed by atoms with Crippen LogP contribution in [0, 0.1) is 24.0 Å². The second-order valence-electron chi connectivity index (χ2n) is 1.90. The highest BCUT2D eigenvalue weighted by Crippen LogP contribution is 2.19. The summed E-state index contributed by atoms with van der Waals surface area (Å²) in [7, 11) is 0. The molecule has 56 valence electrons. The maximum atomic E-state index is 12.6. The van der Waals surface area contributed by atoms with E-state index >= 15 is 0 Å². The van der Waals surface area contributed by atoms with E-state index in [4.69, 9.17) is 6.42 Å². The molecule has 0 aliphatic rings. The Hall–Kier alpha value is -0.880. The van der Waals surface area contributed by atoms with Crippen LogP contribution in [0.5, 0.6) is 0 Å². The van der Waals surface area contributed by atoms with E-state index in [9.17, 15) is 8.78 Å². The Morgan fingerprint density at radius 1 is 1.36 bits per heavy atom. The highest BCUT2D eigenvalue weighted by atomic mass is 79.9. The molecule has 0 unspecified atom stereocenters. The average Bonchev–Trinajstić information content (AvgIpc) is 1.99. The summed E-state index contributed by atoms with van der Waals surface area (Å²) < 4.78 is 25.1. The van der Waals surface area contributed by atoms with Gasteiger partial charge in [0.25, 0.3) is 0 Å². The van der Waals surface area contributed by atoms with Gasteiger partial charge >= 0.3 is 0 Å². The standard InChI is InChI=1S/C8H3BrF2/c1-2-5-3-6(9)8(11)7(10)4-5/h1,3-4H. The Morgan fingerprint density at radius 3 is 2.45 bits per heavy atom. The van der Waals surface area contributed by atoms with Gasteiger partial charge in [-0.05, 0) is 28.1 Å². The molecule has 0 amide bonds. The molecule has 1 aromatic carbocycles. The van der Waals surface area contributed by atoms with Crippen LogP contribution in [0.1, 0.15) is 5.56 Å². The second kappa shape index (κ2) is 3.02. The van der Waals surface area contributed by atoms with Gasteiger partial charge in [0, 0.05) is 5.56 Å². The Balaban J connectivity index is 3.35. The second-order valence-corrected chi connectivity index (χ2v) is 2.75. The minimum absolute atomic E-state index is 0.0467. The molecule has 0 N–H and O–H groups in total. The maximum absolute atomic E-state index is 12.6. The van der Waals surface area contributed by atoms with Crippen LogP contribution in [-0.4, -0.2) is 0 Å². The Bertz CT molecular complexity index is 302. The lowest BCUT2D eigenvalue weighted by molar-refractivity contribution is 0.504. The average molecular weight is 217 g/mol. The zero-order valence-corrected chi connectivity index (χ0v) is 6.95. The van der Waals surface area contributed by atoms with Crippen LogP contribution in [-0.2, 0) is 0 Å². The number of benzene rings is 1. The van der Waals surface area contributed by atoms with Crippen LogP contribution < -0.4 is 0 Å². The van der Waals surface area contributed by atoms with Crippen molar-refractivity contribution in [2.75, 3.05) is 0 Å². The number of hydrogen-bond acceptors (Lipinski definition) is 0. The molecule has 0 atom stereocenters. The van der Waals surface area contributed by atoms with Gasteiger partial charge in [-0.15, -0.1) is 6.42 Å². The SMILES string of the molecule is C#Cc1cc(F)c(F)c(Br)c1. The van der Waals surface area contributed by atoms with Gasteiger partial charge in [0.05, 0.1) is 4.47 Å². The summed E-state index contributed by atoms with van der Waals surface area (Å²) in [4.78, 5) is 0. The summed E-state index contributed by atoms with van der Waals surface area (Å²) in [6, 6.07) is 2.32. The van der Waals surface area contributed by atoms with Crippen LogP contribution in [0.25, 0.3) is 0 Å². The monoisotopic (exact) mass is 216 g/mol. The molecule has 0 nitrogen and oxygen atoms in total. The minimum Gasteiger partial charge on any atom is -0.204 e. The van der Waals surface area contributed by atoms with Gasteiger partial charge < -0.3 is 0 Å². The summed E-state index contributed by atoms with van der Waals surface area (Å²) in [5, 5.41) is 0. The van der Waals surface area contributed by atoms with Crippen molar-refractivity contribution in [3.8, 4) is 12.3 Å². The van der Waals surface area contributed by atoms with E-state index < -0.39 is 11.6 Å². The highest BCUT2D eigenvalue weighted by Gasteiger charge is 2.06. The molecule has 0 aromatic heterocycles. The van der Waals surface area contributed by atoms with Gasteiger partial charge in [0.1, 0.15) is 0 Å². The van der Waals surface area contributed by atoms with Crippen LogP contribution in [0.15, 0.2) is 16.6 Å². The topological polar surface area (TPSA) is 0 Å². The van der Waals surface area contributed by atoms with Crippen molar-refractivity contribution in [1.82, 2.24) is 0 Å². The van der Waals surface area contributed by atoms with Gasteiger partial charge in [0.15, 0.2) is 11.6 Å². The van der Waals surface area contributed by atoms with Crippen LogP contribution >= 0.6 is 15.9 Å². The molecule has 0 bridgehead atoms. The number of rotatable bonds is 0. The first-order valence-electron chi connectivity index (χ1n) is 2.76. The van der Waals surface area contributed by atoms with Crippen LogP contribution in [0.4, 0.5) is 8.78 Å². The molecule has 0 saturated heterocycles. The van der Waals surface area contributed by atoms with E-state index in [1.807, 2.05) is 0 Å². The first kappa shape index (κ1) is 8.22. The van der Waals surface area contributed by atoms with Crippen LogP contribution in [0.3, 0.4) is 0 Å². The van der Waals surface area contributed by atoms with Crippen molar-refractivity contribution in [1.29, 1.82) is 0 Å². The van der Waals surface area contributed by atoms with E-state index in [-0.39, 0.29) is 4.47 Å². The van der Waals surface area contributed by atoms with Crippen molar-refractivity contribution in [3.05, 3.63) is 33.8 Å². The summed E-state index contributed by atoms with van der Waals surface area (Å²) in [5.74, 6) is 0.349. The summed E-state index contributed by atoms with van der Waals surface area (Å²) in [6.07, 6.45) is 4.98. The number of terminal acetylenes is 1. The smallest absolute Gasteiger partial charge is 0.173 e. The van der Waals surface area contributed by atoms with Gasteiger partial charge in [-0.1, -0.05) is 5.92 Å². The van der Waals surface area contributed by atoms with Gasteiger partial charge in [-0.3, -0.25) is 0 Å². The maximum Gasteiger partial charge on any atom is 0.173 e. The van der Waals surface area contributed by atoms with Gasteiger partial charge in [0.2, 0.25) is 0 Å². The van der Waals surface area contributed by atoms with Crippen molar-refractivity contribution in [3.63, 3.8) is 0 Å². The molecule has 0 heterocycles. The van der Waals surface area contributed by atoms with Crippen molar-refractivity contribution in [2.45, 2.75) is 0 Å². The largest absolute Gasteiger partial charge is 0.204 e. The van der Waals surface area contributed by atoms with E-state index in [0.29, 0.717) is 5.56 Å². The molecule has 0 radical (unpaired) electrons. The minimum atomic E-state index is -0.938. The molecule has 1 rings (SSSR count). The lowest BCUT2D eigenvalue weighted by Crippen LogP contribution is -1.87. The van der Waals surface area contributed by atoms with Crippen molar-refractivity contribution >= 4 is 15.9 Å². The zero-order valence-electron chi connectivity index (χ0n) is 5.37. The molecular formula is C8H3BrF2. The fourth-order valence-electron chi connectivity index (χ4n) is 0.639.